The average Bonchev–Trinajstić information content (AvgIpc) is 3.58. The van der Waals surface area contributed by atoms with Crippen molar-refractivity contribution in [3.05, 3.63) is 120 Å². The molecule has 4 N–H and O–H groups in total. The van der Waals surface area contributed by atoms with Crippen molar-refractivity contribution < 1.29 is 29.0 Å². The number of aryl methyl sites for hydroxylation is 1. The number of aromatic nitrogens is 2. The molecule has 2 aromatic carbocycles. The van der Waals surface area contributed by atoms with Crippen LogP contribution in [-0.4, -0.2) is 99.3 Å². The second kappa shape index (κ2) is 20.9. The lowest BCUT2D eigenvalue weighted by molar-refractivity contribution is -0.129. The van der Waals surface area contributed by atoms with Crippen molar-refractivity contribution >= 4 is 23.9 Å². The number of benzene rings is 2. The van der Waals surface area contributed by atoms with Crippen LogP contribution < -0.4 is 16.0 Å². The standard InChI is InChI=1S/C47H61N7O6/c1-8-31(2)41(54-26-25-53(46(54)59)30-36-17-14-24-48-32(36)3)43(56)51-39(28-33-15-10-9-11-16-33)40(55)29-37(50-44(57)42(47(4,5)6)52-45(58)60-7)27-34-19-21-35(22-20-34)38-18-12-13-23-49-38/h9-24,31,37,39-42,55H,8,25-30H2,1-7H3,(H,50,57)(H,51,56)(H,52,58). The van der Waals surface area contributed by atoms with Crippen molar-refractivity contribution in [2.75, 3.05) is 20.2 Å². The van der Waals surface area contributed by atoms with E-state index in [1.54, 1.807) is 22.2 Å². The number of carbonyl (C=O) groups is 4. The van der Waals surface area contributed by atoms with Crippen molar-refractivity contribution in [1.29, 1.82) is 0 Å². The number of hydrogen-bond acceptors (Lipinski definition) is 8. The maximum atomic E-state index is 14.6. The van der Waals surface area contributed by atoms with Gasteiger partial charge in [-0.1, -0.05) is 108 Å². The number of amides is 5. The SMILES string of the molecule is CCC(C)C(C(=O)NC(Cc1ccccc1)C(O)CC(Cc1ccc(-c2ccccn2)cc1)NC(=O)C(NC(=O)OC)C(C)(C)C)N1CCN(Cc2cccnc2C)C1=O. The fourth-order valence-corrected chi connectivity index (χ4v) is 7.66. The Kier molecular flexibility index (Phi) is 15.8. The molecule has 0 spiro atoms. The molecule has 5 rings (SSSR count). The van der Waals surface area contributed by atoms with Gasteiger partial charge in [-0.05, 0) is 72.4 Å². The Morgan fingerprint density at radius 2 is 1.52 bits per heavy atom. The summed E-state index contributed by atoms with van der Waals surface area (Å²) in [6.07, 6.45) is 2.95. The van der Waals surface area contributed by atoms with E-state index >= 15 is 0 Å². The first-order valence-electron chi connectivity index (χ1n) is 20.8. The van der Waals surface area contributed by atoms with Crippen LogP contribution in [0, 0.1) is 18.3 Å². The molecule has 6 unspecified atom stereocenters. The Hall–Kier alpha value is -5.82. The van der Waals surface area contributed by atoms with Crippen LogP contribution in [0.3, 0.4) is 0 Å². The van der Waals surface area contributed by atoms with Gasteiger partial charge in [-0.3, -0.25) is 19.6 Å². The van der Waals surface area contributed by atoms with Crippen LogP contribution in [0.25, 0.3) is 11.3 Å². The molecular formula is C47H61N7O6. The lowest BCUT2D eigenvalue weighted by Crippen LogP contribution is -2.58. The molecule has 1 aliphatic heterocycles. The van der Waals surface area contributed by atoms with Crippen molar-refractivity contribution in [3.63, 3.8) is 0 Å². The lowest BCUT2D eigenvalue weighted by atomic mass is 9.85. The number of nitrogens with zero attached hydrogens (tertiary/aromatic N) is 4. The van der Waals surface area contributed by atoms with Crippen LogP contribution in [0.5, 0.6) is 0 Å². The molecule has 1 saturated heterocycles. The maximum Gasteiger partial charge on any atom is 0.407 e. The van der Waals surface area contributed by atoms with Gasteiger partial charge >= 0.3 is 12.1 Å². The first-order valence-corrected chi connectivity index (χ1v) is 20.8. The second-order valence-corrected chi connectivity index (χ2v) is 16.8. The molecule has 13 heteroatoms. The van der Waals surface area contributed by atoms with Crippen LogP contribution >= 0.6 is 0 Å². The molecule has 4 aromatic rings. The van der Waals surface area contributed by atoms with Gasteiger partial charge in [-0.15, -0.1) is 0 Å². The summed E-state index contributed by atoms with van der Waals surface area (Å²) >= 11 is 0. The van der Waals surface area contributed by atoms with Crippen molar-refractivity contribution in [3.8, 4) is 11.3 Å². The van der Waals surface area contributed by atoms with E-state index in [-0.39, 0.29) is 24.3 Å². The van der Waals surface area contributed by atoms with E-state index < -0.39 is 47.7 Å². The van der Waals surface area contributed by atoms with Crippen LogP contribution in [0.15, 0.2) is 97.3 Å². The van der Waals surface area contributed by atoms with Gasteiger partial charge < -0.3 is 35.6 Å². The molecule has 2 aromatic heterocycles. The highest BCUT2D eigenvalue weighted by atomic mass is 16.5. The first-order chi connectivity index (χ1) is 28.7. The predicted molar refractivity (Wildman–Crippen MR) is 232 cm³/mol. The summed E-state index contributed by atoms with van der Waals surface area (Å²) in [5.74, 6) is -0.964. The van der Waals surface area contributed by atoms with Crippen LogP contribution in [0.2, 0.25) is 0 Å². The summed E-state index contributed by atoms with van der Waals surface area (Å²) < 4.78 is 4.84. The molecule has 60 heavy (non-hydrogen) atoms. The quantitative estimate of drug-likeness (QED) is 0.0938. The fraction of sp³-hybridized carbons (Fsp3) is 0.447. The van der Waals surface area contributed by atoms with Gasteiger partial charge in [0.1, 0.15) is 12.1 Å². The smallest absolute Gasteiger partial charge is 0.407 e. The summed E-state index contributed by atoms with van der Waals surface area (Å²) in [6, 6.07) is 23.6. The molecule has 3 heterocycles. The highest BCUT2D eigenvalue weighted by Crippen LogP contribution is 2.25. The van der Waals surface area contributed by atoms with Crippen LogP contribution in [-0.2, 0) is 33.7 Å². The van der Waals surface area contributed by atoms with Crippen molar-refractivity contribution in [1.82, 2.24) is 35.7 Å². The average molecular weight is 820 g/mol. The monoisotopic (exact) mass is 819 g/mol. The predicted octanol–water partition coefficient (Wildman–Crippen LogP) is 6.08. The third-order valence-corrected chi connectivity index (χ3v) is 11.3. The minimum Gasteiger partial charge on any atom is -0.453 e. The number of nitrogens with one attached hydrogen (secondary N) is 3. The number of carbonyl (C=O) groups excluding carboxylic acids is 4. The summed E-state index contributed by atoms with van der Waals surface area (Å²) in [7, 11) is 1.24. The molecule has 13 nitrogen and oxygen atoms in total. The number of aliphatic hydroxyl groups is 1. The van der Waals surface area contributed by atoms with E-state index in [9.17, 15) is 24.3 Å². The van der Waals surface area contributed by atoms with Gasteiger partial charge in [0.15, 0.2) is 0 Å². The van der Waals surface area contributed by atoms with Crippen LogP contribution in [0.4, 0.5) is 9.59 Å². The third-order valence-electron chi connectivity index (χ3n) is 11.3. The van der Waals surface area contributed by atoms with Gasteiger partial charge in [0, 0.05) is 49.3 Å². The second-order valence-electron chi connectivity index (χ2n) is 16.8. The summed E-state index contributed by atoms with van der Waals surface area (Å²) in [5.41, 5.74) is 4.68. The number of ether oxygens (including phenoxy) is 1. The van der Waals surface area contributed by atoms with Gasteiger partial charge in [-0.25, -0.2) is 9.59 Å². The van der Waals surface area contributed by atoms with Crippen molar-refractivity contribution in [2.24, 2.45) is 11.3 Å². The number of urea groups is 1. The van der Waals surface area contributed by atoms with Gasteiger partial charge in [0.05, 0.1) is 24.9 Å². The number of pyridine rings is 2. The summed E-state index contributed by atoms with van der Waals surface area (Å²) in [4.78, 5) is 67.2. The van der Waals surface area contributed by atoms with Crippen molar-refractivity contribution in [2.45, 2.75) is 104 Å². The number of rotatable bonds is 18. The first kappa shape index (κ1) is 45.3. The molecule has 1 aliphatic rings. The van der Waals surface area contributed by atoms with Gasteiger partial charge in [0.25, 0.3) is 0 Å². The van der Waals surface area contributed by atoms with E-state index in [0.717, 1.165) is 33.6 Å². The highest BCUT2D eigenvalue weighted by Gasteiger charge is 2.41. The zero-order chi connectivity index (χ0) is 43.4. The maximum absolute atomic E-state index is 14.6. The Bertz CT molecular complexity index is 2030. The van der Waals surface area contributed by atoms with E-state index in [1.807, 2.05) is 126 Å². The number of alkyl carbamates (subject to hydrolysis) is 1. The van der Waals surface area contributed by atoms with E-state index in [4.69, 9.17) is 4.74 Å². The van der Waals surface area contributed by atoms with E-state index in [0.29, 0.717) is 38.9 Å². The van der Waals surface area contributed by atoms with E-state index in [2.05, 4.69) is 25.9 Å². The fourth-order valence-electron chi connectivity index (χ4n) is 7.66. The lowest BCUT2D eigenvalue weighted by Gasteiger charge is -2.35. The zero-order valence-electron chi connectivity index (χ0n) is 35.9. The summed E-state index contributed by atoms with van der Waals surface area (Å²) in [5, 5.41) is 21.2. The Labute approximate surface area is 354 Å². The Morgan fingerprint density at radius 3 is 2.15 bits per heavy atom. The minimum absolute atomic E-state index is 0.0650. The molecule has 1 fully saturated rings. The van der Waals surface area contributed by atoms with E-state index in [1.165, 1.54) is 7.11 Å². The normalized spacial score (nSPS) is 16.0. The largest absolute Gasteiger partial charge is 0.453 e. The summed E-state index contributed by atoms with van der Waals surface area (Å²) in [6.45, 7) is 12.6. The Balaban J connectivity index is 1.41. The topological polar surface area (TPSA) is 166 Å². The van der Waals surface area contributed by atoms with Gasteiger partial charge in [-0.2, -0.15) is 0 Å². The number of hydrogen-bond donors (Lipinski definition) is 4. The molecule has 0 saturated carbocycles. The molecule has 6 atom stereocenters. The minimum atomic E-state index is -1.13. The molecule has 5 amide bonds. The molecular weight excluding hydrogens is 759 g/mol. The molecule has 0 radical (unpaired) electrons. The molecule has 0 aliphatic carbocycles. The zero-order valence-corrected chi connectivity index (χ0v) is 35.9. The number of aliphatic hydroxyl groups excluding tert-OH is 1. The van der Waals surface area contributed by atoms with Crippen LogP contribution in [0.1, 0.15) is 69.8 Å². The van der Waals surface area contributed by atoms with Gasteiger partial charge in [0.2, 0.25) is 11.8 Å². The highest BCUT2D eigenvalue weighted by molar-refractivity contribution is 5.89. The molecule has 0 bridgehead atoms. The Morgan fingerprint density at radius 1 is 0.833 bits per heavy atom. The third kappa shape index (κ3) is 12.1. The molecule has 320 valence electrons. The number of methoxy groups -OCH3 is 1.